The summed E-state index contributed by atoms with van der Waals surface area (Å²) in [7, 11) is 0. The van der Waals surface area contributed by atoms with E-state index in [1.165, 1.54) is 0 Å². The minimum absolute atomic E-state index is 0.168. The fourth-order valence-corrected chi connectivity index (χ4v) is 3.59. The lowest BCUT2D eigenvalue weighted by atomic mass is 10.0. The maximum atomic E-state index is 12.8. The Labute approximate surface area is 178 Å². The van der Waals surface area contributed by atoms with Crippen LogP contribution >= 0.6 is 0 Å². The van der Waals surface area contributed by atoms with Gasteiger partial charge in [-0.3, -0.25) is 9.78 Å². The number of rotatable bonds is 6. The van der Waals surface area contributed by atoms with Crippen molar-refractivity contribution in [2.75, 3.05) is 5.32 Å². The first kappa shape index (κ1) is 18.8. The predicted molar refractivity (Wildman–Crippen MR) is 119 cm³/mol. The molecule has 0 unspecified atom stereocenters. The molecule has 3 aromatic heterocycles. The first-order valence-electron chi connectivity index (χ1n) is 9.92. The van der Waals surface area contributed by atoms with Gasteiger partial charge in [-0.15, -0.1) is 0 Å². The van der Waals surface area contributed by atoms with Gasteiger partial charge in [0.05, 0.1) is 12.7 Å². The van der Waals surface area contributed by atoms with Crippen LogP contribution in [0.2, 0.25) is 0 Å². The highest BCUT2D eigenvalue weighted by atomic mass is 16.5. The lowest BCUT2D eigenvalue weighted by Gasteiger charge is -2.11. The number of nitrogens with one attached hydrogen (secondary N) is 1. The number of aromatic nitrogens is 2. The van der Waals surface area contributed by atoms with Gasteiger partial charge in [0.25, 0.3) is 0 Å². The average molecular weight is 409 g/mol. The van der Waals surface area contributed by atoms with Crippen molar-refractivity contribution in [1.29, 1.82) is 0 Å². The number of amides is 1. The van der Waals surface area contributed by atoms with E-state index >= 15 is 0 Å². The monoisotopic (exact) mass is 409 g/mol. The van der Waals surface area contributed by atoms with Crippen LogP contribution in [0.4, 0.5) is 5.82 Å². The summed E-state index contributed by atoms with van der Waals surface area (Å²) in [4.78, 5) is 21.1. The molecule has 0 fully saturated rings. The lowest BCUT2D eigenvalue weighted by Crippen LogP contribution is -2.16. The number of nitrogens with zero attached hydrogens (tertiary/aromatic N) is 2. The molecule has 0 bridgehead atoms. The molecule has 6 heteroatoms. The van der Waals surface area contributed by atoms with Crippen molar-refractivity contribution < 1.29 is 13.9 Å². The molecule has 1 amide bonds. The Morgan fingerprint density at radius 3 is 2.74 bits per heavy atom. The number of hydrogen-bond donors (Lipinski definition) is 1. The van der Waals surface area contributed by atoms with E-state index in [1.807, 2.05) is 48.5 Å². The summed E-state index contributed by atoms with van der Waals surface area (Å²) < 4.78 is 11.6. The minimum Gasteiger partial charge on any atom is -0.485 e. The molecule has 3 heterocycles. The molecule has 0 spiro atoms. The van der Waals surface area contributed by atoms with Crippen LogP contribution in [0.3, 0.4) is 0 Å². The first-order valence-corrected chi connectivity index (χ1v) is 9.92. The predicted octanol–water partition coefficient (Wildman–Crippen LogP) is 5.14. The third kappa shape index (κ3) is 3.96. The highest BCUT2D eigenvalue weighted by Crippen LogP contribution is 2.30. The third-order valence-corrected chi connectivity index (χ3v) is 5.06. The Morgan fingerprint density at radius 2 is 1.84 bits per heavy atom. The van der Waals surface area contributed by atoms with Gasteiger partial charge in [-0.25, -0.2) is 4.98 Å². The zero-order valence-corrected chi connectivity index (χ0v) is 16.6. The number of fused-ring (bicyclic) bond motifs is 3. The van der Waals surface area contributed by atoms with Crippen molar-refractivity contribution in [3.63, 3.8) is 0 Å². The van der Waals surface area contributed by atoms with E-state index in [2.05, 4.69) is 15.3 Å². The number of benzene rings is 2. The molecular formula is C25H19N3O3. The number of ether oxygens (including phenoxy) is 1. The molecule has 1 N–H and O–H groups in total. The Bertz CT molecular complexity index is 1360. The topological polar surface area (TPSA) is 77.2 Å². The van der Waals surface area contributed by atoms with Crippen LogP contribution in [-0.2, 0) is 17.8 Å². The van der Waals surface area contributed by atoms with Gasteiger partial charge in [0.1, 0.15) is 12.2 Å². The maximum Gasteiger partial charge on any atom is 0.230 e. The summed E-state index contributed by atoms with van der Waals surface area (Å²) >= 11 is 0. The van der Waals surface area contributed by atoms with E-state index in [0.29, 0.717) is 18.2 Å². The van der Waals surface area contributed by atoms with E-state index < -0.39 is 0 Å². The smallest absolute Gasteiger partial charge is 0.230 e. The second-order valence-corrected chi connectivity index (χ2v) is 7.14. The Kier molecular flexibility index (Phi) is 5.02. The first-order chi connectivity index (χ1) is 15.3. The lowest BCUT2D eigenvalue weighted by molar-refractivity contribution is -0.115. The largest absolute Gasteiger partial charge is 0.485 e. The van der Waals surface area contributed by atoms with E-state index in [0.717, 1.165) is 32.9 Å². The molecule has 0 aliphatic rings. The summed E-state index contributed by atoms with van der Waals surface area (Å²) in [5.74, 6) is 0.706. The number of pyridine rings is 2. The van der Waals surface area contributed by atoms with E-state index in [1.54, 1.807) is 37.0 Å². The molecule has 5 aromatic rings. The number of anilines is 1. The molecule has 0 atom stereocenters. The van der Waals surface area contributed by atoms with Crippen molar-refractivity contribution in [3.8, 4) is 5.75 Å². The molecular weight excluding hydrogens is 390 g/mol. The molecule has 6 nitrogen and oxygen atoms in total. The summed E-state index contributed by atoms with van der Waals surface area (Å²) in [6.45, 7) is 0.357. The van der Waals surface area contributed by atoms with Gasteiger partial charge >= 0.3 is 0 Å². The zero-order chi connectivity index (χ0) is 21.0. The Hall–Kier alpha value is -4.19. The SMILES string of the molecule is O=C(Cc1coc2ccc3ccccc3c12)Nc1ncccc1OCc1ccncc1. The summed E-state index contributed by atoms with van der Waals surface area (Å²) in [6, 6.07) is 19.3. The molecule has 0 radical (unpaired) electrons. The fraction of sp³-hybridized carbons (Fsp3) is 0.0800. The highest BCUT2D eigenvalue weighted by Gasteiger charge is 2.15. The van der Waals surface area contributed by atoms with Crippen LogP contribution < -0.4 is 10.1 Å². The molecule has 0 saturated carbocycles. The average Bonchev–Trinajstić information content (AvgIpc) is 3.22. The quantitative estimate of drug-likeness (QED) is 0.420. The van der Waals surface area contributed by atoms with Crippen LogP contribution in [0.5, 0.6) is 5.75 Å². The van der Waals surface area contributed by atoms with Crippen LogP contribution in [-0.4, -0.2) is 15.9 Å². The van der Waals surface area contributed by atoms with E-state index in [9.17, 15) is 4.79 Å². The second kappa shape index (κ2) is 8.28. The molecule has 0 saturated heterocycles. The van der Waals surface area contributed by atoms with Crippen molar-refractivity contribution in [1.82, 2.24) is 9.97 Å². The molecule has 2 aromatic carbocycles. The molecule has 0 aliphatic carbocycles. The number of carbonyl (C=O) groups excluding carboxylic acids is 1. The van der Waals surface area contributed by atoms with Crippen molar-refractivity contribution in [2.45, 2.75) is 13.0 Å². The second-order valence-electron chi connectivity index (χ2n) is 7.14. The van der Waals surface area contributed by atoms with Crippen LogP contribution in [0, 0.1) is 0 Å². The normalized spacial score (nSPS) is 11.0. The Morgan fingerprint density at radius 1 is 0.968 bits per heavy atom. The highest BCUT2D eigenvalue weighted by molar-refractivity contribution is 6.09. The maximum absolute atomic E-state index is 12.8. The standard InChI is InChI=1S/C25H19N3O3/c29-23(14-19-16-31-21-8-7-18-4-1-2-5-20(18)24(19)21)28-25-22(6-3-11-27-25)30-15-17-9-12-26-13-10-17/h1-13,16H,14-15H2,(H,27,28,29). The van der Waals surface area contributed by atoms with E-state index in [4.69, 9.17) is 9.15 Å². The van der Waals surface area contributed by atoms with Gasteiger partial charge in [0, 0.05) is 29.5 Å². The van der Waals surface area contributed by atoms with Gasteiger partial charge in [0.2, 0.25) is 5.91 Å². The van der Waals surface area contributed by atoms with Gasteiger partial charge in [-0.1, -0.05) is 30.3 Å². The van der Waals surface area contributed by atoms with Crippen LogP contribution in [0.1, 0.15) is 11.1 Å². The van der Waals surface area contributed by atoms with Crippen molar-refractivity contribution in [3.05, 3.63) is 96.6 Å². The third-order valence-electron chi connectivity index (χ3n) is 5.06. The summed E-state index contributed by atoms with van der Waals surface area (Å²) in [5.41, 5.74) is 2.58. The molecule has 5 rings (SSSR count). The van der Waals surface area contributed by atoms with E-state index in [-0.39, 0.29) is 12.3 Å². The number of carbonyl (C=O) groups is 1. The molecule has 31 heavy (non-hydrogen) atoms. The molecule has 152 valence electrons. The zero-order valence-electron chi connectivity index (χ0n) is 16.6. The summed E-state index contributed by atoms with van der Waals surface area (Å²) in [6.07, 6.45) is 6.86. The van der Waals surface area contributed by atoms with Gasteiger partial charge in [0.15, 0.2) is 11.6 Å². The number of hydrogen-bond acceptors (Lipinski definition) is 5. The molecule has 0 aliphatic heterocycles. The fourth-order valence-electron chi connectivity index (χ4n) is 3.59. The van der Waals surface area contributed by atoms with Crippen molar-refractivity contribution >= 4 is 33.5 Å². The van der Waals surface area contributed by atoms with Crippen LogP contribution in [0.15, 0.2) is 89.9 Å². The van der Waals surface area contributed by atoms with Crippen LogP contribution in [0.25, 0.3) is 21.7 Å². The number of furan rings is 1. The van der Waals surface area contributed by atoms with Gasteiger partial charge in [-0.2, -0.15) is 0 Å². The summed E-state index contributed by atoms with van der Waals surface area (Å²) in [5, 5.41) is 6.00. The Balaban J connectivity index is 1.35. The minimum atomic E-state index is -0.192. The van der Waals surface area contributed by atoms with Gasteiger partial charge in [-0.05, 0) is 46.7 Å². The van der Waals surface area contributed by atoms with Gasteiger partial charge < -0.3 is 14.5 Å². The van der Waals surface area contributed by atoms with Crippen molar-refractivity contribution in [2.24, 2.45) is 0 Å².